The summed E-state index contributed by atoms with van der Waals surface area (Å²) in [6, 6.07) is 7.46. The lowest BCUT2D eigenvalue weighted by molar-refractivity contribution is -0.169. The van der Waals surface area contributed by atoms with Crippen molar-refractivity contribution < 1.29 is 33.4 Å². The molecule has 26 heavy (non-hydrogen) atoms. The molecule has 0 aromatic heterocycles. The van der Waals surface area contributed by atoms with Crippen LogP contribution in [0.4, 0.5) is 0 Å². The maximum absolute atomic E-state index is 12.1. The van der Waals surface area contributed by atoms with Gasteiger partial charge in [0, 0.05) is 6.92 Å². The van der Waals surface area contributed by atoms with E-state index < -0.39 is 35.1 Å². The zero-order valence-corrected chi connectivity index (χ0v) is 14.8. The highest BCUT2D eigenvalue weighted by Crippen LogP contribution is 2.31. The fraction of sp³-hybridized carbons (Fsp3) is 0.312. The maximum atomic E-state index is 12.1. The van der Waals surface area contributed by atoms with Crippen LogP contribution in [-0.2, 0) is 28.7 Å². The Morgan fingerprint density at radius 2 is 1.85 bits per heavy atom. The molecule has 1 fully saturated rings. The number of thioether (sulfide) groups is 1. The van der Waals surface area contributed by atoms with Gasteiger partial charge in [0.1, 0.15) is 17.2 Å². The first-order valence-electron chi connectivity index (χ1n) is 7.45. The highest BCUT2D eigenvalue weighted by Gasteiger charge is 2.54. The third kappa shape index (κ3) is 4.39. The molecule has 1 aliphatic heterocycles. The number of para-hydroxylation sites is 1. The lowest BCUT2D eigenvalue weighted by Gasteiger charge is -2.43. The quantitative estimate of drug-likeness (QED) is 0.420. The van der Waals surface area contributed by atoms with Crippen molar-refractivity contribution >= 4 is 40.6 Å². The predicted octanol–water partition coefficient (Wildman–Crippen LogP) is -0.302. The molecule has 9 nitrogen and oxygen atoms in total. The average molecular weight is 380 g/mol. The molecule has 2 atom stereocenters. The fourth-order valence-electron chi connectivity index (χ4n) is 2.17. The van der Waals surface area contributed by atoms with E-state index in [0.717, 1.165) is 7.11 Å². The zero-order valence-electron chi connectivity index (χ0n) is 14.0. The molecule has 0 radical (unpaired) electrons. The molecule has 0 unspecified atom stereocenters. The van der Waals surface area contributed by atoms with Crippen molar-refractivity contribution in [3.8, 4) is 5.75 Å². The van der Waals surface area contributed by atoms with Crippen LogP contribution in [0.1, 0.15) is 6.92 Å². The lowest BCUT2D eigenvalue weighted by Crippen LogP contribution is -2.72. The van der Waals surface area contributed by atoms with E-state index in [1.807, 2.05) is 0 Å². The van der Waals surface area contributed by atoms with Crippen LogP contribution in [0.2, 0.25) is 0 Å². The minimum atomic E-state index is -1.23. The number of hydrogen-bond donors (Lipinski definition) is 1. The van der Waals surface area contributed by atoms with Crippen molar-refractivity contribution in [2.75, 3.05) is 13.7 Å². The number of benzene rings is 1. The van der Waals surface area contributed by atoms with Crippen LogP contribution >= 0.6 is 11.8 Å². The number of nitrogens with zero attached hydrogens (tertiary/aromatic N) is 1. The van der Waals surface area contributed by atoms with Gasteiger partial charge in [0.15, 0.2) is 11.7 Å². The molecule has 2 rings (SSSR count). The summed E-state index contributed by atoms with van der Waals surface area (Å²) in [5.74, 6) is -3.36. The first kappa shape index (κ1) is 19.4. The molecular formula is C16H16N2O7S. The van der Waals surface area contributed by atoms with Crippen LogP contribution < -0.4 is 10.1 Å². The number of likely N-dealkylation sites (tertiary alicyclic amines) is 1. The Balaban J connectivity index is 1.99. The van der Waals surface area contributed by atoms with E-state index in [1.54, 1.807) is 30.3 Å². The van der Waals surface area contributed by atoms with E-state index in [2.05, 4.69) is 10.1 Å². The summed E-state index contributed by atoms with van der Waals surface area (Å²) in [7, 11) is 0.998. The molecule has 10 heteroatoms. The minimum Gasteiger partial charge on any atom is -0.484 e. The number of carbonyl (C=O) groups excluding carboxylic acids is 5. The van der Waals surface area contributed by atoms with Crippen molar-refractivity contribution in [3.05, 3.63) is 30.3 Å². The van der Waals surface area contributed by atoms with Gasteiger partial charge in [0.25, 0.3) is 11.8 Å². The van der Waals surface area contributed by atoms with Crippen LogP contribution in [0.3, 0.4) is 0 Å². The Kier molecular flexibility index (Phi) is 6.34. The van der Waals surface area contributed by atoms with Crippen LogP contribution in [0.5, 0.6) is 5.75 Å². The van der Waals surface area contributed by atoms with Crippen molar-refractivity contribution in [2.45, 2.75) is 18.3 Å². The van der Waals surface area contributed by atoms with E-state index in [9.17, 15) is 24.0 Å². The molecule has 138 valence electrons. The van der Waals surface area contributed by atoms with Gasteiger partial charge in [-0.15, -0.1) is 0 Å². The molecule has 1 saturated heterocycles. The van der Waals surface area contributed by atoms with Gasteiger partial charge in [-0.05, 0) is 12.1 Å². The number of methoxy groups -OCH3 is 1. The lowest BCUT2D eigenvalue weighted by atomic mass is 10.1. The highest BCUT2D eigenvalue weighted by atomic mass is 32.2. The fourth-order valence-corrected chi connectivity index (χ4v) is 3.14. The van der Waals surface area contributed by atoms with Gasteiger partial charge in [-0.2, -0.15) is 0 Å². The second-order valence-corrected chi connectivity index (χ2v) is 6.45. The monoisotopic (exact) mass is 380 g/mol. The Bertz CT molecular complexity index is 737. The molecule has 0 spiro atoms. The number of esters is 1. The van der Waals surface area contributed by atoms with Gasteiger partial charge < -0.3 is 14.8 Å². The van der Waals surface area contributed by atoms with E-state index in [4.69, 9.17) is 4.74 Å². The van der Waals surface area contributed by atoms with E-state index >= 15 is 0 Å². The number of carbonyl (C=O) groups is 5. The summed E-state index contributed by atoms with van der Waals surface area (Å²) in [5.41, 5.74) is 0. The Morgan fingerprint density at radius 1 is 1.19 bits per heavy atom. The van der Waals surface area contributed by atoms with E-state index in [1.165, 1.54) is 6.92 Å². The van der Waals surface area contributed by atoms with Crippen LogP contribution in [0, 0.1) is 0 Å². The van der Waals surface area contributed by atoms with Crippen molar-refractivity contribution in [1.29, 1.82) is 0 Å². The molecule has 0 saturated carbocycles. The van der Waals surface area contributed by atoms with Crippen molar-refractivity contribution in [1.82, 2.24) is 10.2 Å². The summed E-state index contributed by atoms with van der Waals surface area (Å²) in [6.07, 6.45) is 0. The van der Waals surface area contributed by atoms with Crippen LogP contribution in [-0.4, -0.2) is 58.8 Å². The largest absolute Gasteiger partial charge is 0.484 e. The molecule has 1 aromatic carbocycles. The molecule has 1 N–H and O–H groups in total. The average Bonchev–Trinajstić information content (AvgIpc) is 2.63. The van der Waals surface area contributed by atoms with Gasteiger partial charge in [0.2, 0.25) is 0 Å². The van der Waals surface area contributed by atoms with Crippen molar-refractivity contribution in [3.63, 3.8) is 0 Å². The predicted molar refractivity (Wildman–Crippen MR) is 89.8 cm³/mol. The number of rotatable bonds is 5. The number of ether oxygens (including phenoxy) is 2. The smallest absolute Gasteiger partial charge is 0.397 e. The molecule has 1 aliphatic rings. The second-order valence-electron chi connectivity index (χ2n) is 5.15. The first-order valence-corrected chi connectivity index (χ1v) is 8.33. The second kappa shape index (κ2) is 8.48. The molecule has 1 heterocycles. The summed E-state index contributed by atoms with van der Waals surface area (Å²) in [5, 5.41) is 0.996. The molecule has 0 bridgehead atoms. The number of hydrogen-bond acceptors (Lipinski definition) is 8. The van der Waals surface area contributed by atoms with Gasteiger partial charge in [-0.3, -0.25) is 24.1 Å². The Labute approximate surface area is 153 Å². The minimum absolute atomic E-state index is 0.351. The SMILES string of the molecule is COC(=O)C(=O)N1C(=O)[C@@H](NC(=O)COc2ccccc2)[C@H]1SC(C)=O. The number of β-lactam (4-membered cyclic amide) rings is 1. The highest BCUT2D eigenvalue weighted by molar-refractivity contribution is 8.14. The third-order valence-electron chi connectivity index (χ3n) is 3.34. The topological polar surface area (TPSA) is 119 Å². The van der Waals surface area contributed by atoms with Gasteiger partial charge in [-0.1, -0.05) is 30.0 Å². The zero-order chi connectivity index (χ0) is 19.3. The molecule has 0 aliphatic carbocycles. The third-order valence-corrected chi connectivity index (χ3v) is 4.39. The van der Waals surface area contributed by atoms with Crippen molar-refractivity contribution in [2.24, 2.45) is 0 Å². The van der Waals surface area contributed by atoms with E-state index in [0.29, 0.717) is 22.4 Å². The summed E-state index contributed by atoms with van der Waals surface area (Å²) < 4.78 is 9.56. The Hall–Kier alpha value is -2.88. The molecule has 1 aromatic rings. The van der Waals surface area contributed by atoms with Crippen LogP contribution in [0.25, 0.3) is 0 Å². The number of imide groups is 1. The van der Waals surface area contributed by atoms with Gasteiger partial charge in [0.05, 0.1) is 7.11 Å². The Morgan fingerprint density at radius 3 is 2.42 bits per heavy atom. The molecule has 3 amide bonds. The molecular weight excluding hydrogens is 364 g/mol. The number of nitrogens with one attached hydrogen (secondary N) is 1. The van der Waals surface area contributed by atoms with E-state index in [-0.39, 0.29) is 11.7 Å². The number of amides is 3. The van der Waals surface area contributed by atoms with Gasteiger partial charge >= 0.3 is 11.9 Å². The normalized spacial score (nSPS) is 18.5. The van der Waals surface area contributed by atoms with Crippen LogP contribution in [0.15, 0.2) is 30.3 Å². The summed E-state index contributed by atoms with van der Waals surface area (Å²) >= 11 is 0.656. The van der Waals surface area contributed by atoms with Gasteiger partial charge in [-0.25, -0.2) is 4.79 Å². The summed E-state index contributed by atoms with van der Waals surface area (Å²) in [6.45, 7) is 0.891. The summed E-state index contributed by atoms with van der Waals surface area (Å²) in [4.78, 5) is 59.3. The maximum Gasteiger partial charge on any atom is 0.397 e. The first-order chi connectivity index (χ1) is 12.3. The standard InChI is InChI=1S/C16H16N2O7S/c1-9(19)26-15-12(13(21)18(15)14(22)16(23)24-2)17-11(20)8-25-10-6-4-3-5-7-10/h3-7,12,15H,8H2,1-2H3,(H,17,20)/t12-,15-/m1/s1.